The van der Waals surface area contributed by atoms with Gasteiger partial charge in [-0.25, -0.2) is 0 Å². The van der Waals surface area contributed by atoms with Crippen LogP contribution in [0.25, 0.3) is 11.6 Å². The van der Waals surface area contributed by atoms with Crippen molar-refractivity contribution < 1.29 is 42.9 Å². The number of anilines is 1. The van der Waals surface area contributed by atoms with Crippen LogP contribution in [-0.2, 0) is 14.4 Å². The zero-order valence-electron chi connectivity index (χ0n) is 42.1. The van der Waals surface area contributed by atoms with Gasteiger partial charge < -0.3 is 45.1 Å². The molecular formula is C57H63N7O9. The third-order valence-corrected chi connectivity index (χ3v) is 13.5. The number of hydrogen-bond donors (Lipinski definition) is 3. The predicted octanol–water partition coefficient (Wildman–Crippen LogP) is 9.06. The molecule has 1 unspecified atom stereocenters. The molecule has 16 heteroatoms. The van der Waals surface area contributed by atoms with Gasteiger partial charge in [-0.2, -0.15) is 0 Å². The van der Waals surface area contributed by atoms with E-state index in [1.54, 1.807) is 65.6 Å². The molecule has 4 aliphatic heterocycles. The Kier molecular flexibility index (Phi) is 16.2. The van der Waals surface area contributed by atoms with E-state index in [0.29, 0.717) is 76.9 Å². The topological polar surface area (TPSA) is 204 Å². The van der Waals surface area contributed by atoms with Crippen LogP contribution in [0, 0.1) is 17.8 Å². The van der Waals surface area contributed by atoms with Gasteiger partial charge in [-0.3, -0.25) is 34.0 Å². The summed E-state index contributed by atoms with van der Waals surface area (Å²) in [6.45, 7) is 7.89. The zero-order valence-corrected chi connectivity index (χ0v) is 42.1. The van der Waals surface area contributed by atoms with Gasteiger partial charge in [0, 0.05) is 61.4 Å². The number of fused-ring (bicyclic) bond motifs is 4. The number of methoxy groups -OCH3 is 2. The molecule has 5 amide bonds. The summed E-state index contributed by atoms with van der Waals surface area (Å²) in [6.07, 6.45) is 15.1. The molecule has 0 radical (unpaired) electrons. The van der Waals surface area contributed by atoms with Gasteiger partial charge in [0.25, 0.3) is 11.8 Å². The van der Waals surface area contributed by atoms with E-state index in [2.05, 4.69) is 10.6 Å². The van der Waals surface area contributed by atoms with Crippen LogP contribution in [-0.4, -0.2) is 97.3 Å². The van der Waals surface area contributed by atoms with Crippen molar-refractivity contribution in [2.75, 3.05) is 32.8 Å². The number of benzene rings is 4. The number of primary amides is 1. The Morgan fingerprint density at radius 3 is 1.89 bits per heavy atom. The standard InChI is InChI=1S/C57H63N7O9/c1-7-8-15-43(53(58)65)52(34(2)3)55(67)61-35(4)54(66)62-40-20-18-38(19-21-40)39-25-42-31-60-47-29-51(49(71-6)27-45(47)57(69)64(42)33-39)73-23-12-22-72-50-28-46-44(26-48(50)70-5)56(68)63-32-37(24-41(63)30-59-46)17-16-36-13-10-9-11-14-36/h9-11,13-14,16-21,26-35,41-43,52H,7-8,12,15,22-25H2,1-6H3,(H2,58,65)(H,61,67)(H,62,66)/b17-16+/t35-,41-,42-,43?,52-/m0/s1. The fraction of sp³-hybridized carbons (Fsp3) is 0.351. The minimum atomic E-state index is -0.867. The lowest BCUT2D eigenvalue weighted by Gasteiger charge is -2.28. The smallest absolute Gasteiger partial charge is 0.260 e. The van der Waals surface area contributed by atoms with Crippen LogP contribution in [0.15, 0.2) is 113 Å². The lowest BCUT2D eigenvalue weighted by atomic mass is 9.79. The Morgan fingerprint density at radius 2 is 1.33 bits per heavy atom. The second-order valence-corrected chi connectivity index (χ2v) is 18.9. The Bertz CT molecular complexity index is 2890. The molecule has 0 aliphatic carbocycles. The number of nitrogens with zero attached hydrogens (tertiary/aromatic N) is 4. The third-order valence-electron chi connectivity index (χ3n) is 13.5. The number of rotatable bonds is 21. The van der Waals surface area contributed by atoms with Crippen molar-refractivity contribution in [3.05, 3.63) is 125 Å². The van der Waals surface area contributed by atoms with Gasteiger partial charge in [0.05, 0.1) is 67.9 Å². The second-order valence-electron chi connectivity index (χ2n) is 18.9. The summed E-state index contributed by atoms with van der Waals surface area (Å²) in [4.78, 5) is 79.5. The van der Waals surface area contributed by atoms with E-state index in [1.165, 1.54) is 14.2 Å². The molecule has 4 aromatic rings. The molecule has 0 saturated carbocycles. The first-order valence-corrected chi connectivity index (χ1v) is 24.9. The number of amides is 5. The lowest BCUT2D eigenvalue weighted by molar-refractivity contribution is -0.136. The number of unbranched alkanes of at least 4 members (excludes halogenated alkanes) is 1. The maximum atomic E-state index is 14.1. The van der Waals surface area contributed by atoms with Crippen LogP contribution < -0.4 is 35.3 Å². The average Bonchev–Trinajstić information content (AvgIpc) is 3.96. The monoisotopic (exact) mass is 989 g/mol. The highest BCUT2D eigenvalue weighted by Crippen LogP contribution is 2.41. The maximum Gasteiger partial charge on any atom is 0.260 e. The van der Waals surface area contributed by atoms with Crippen molar-refractivity contribution >= 4 is 70.7 Å². The number of hydrogen-bond acceptors (Lipinski definition) is 11. The number of nitrogens with two attached hydrogens (primary N) is 1. The average molecular weight is 990 g/mol. The van der Waals surface area contributed by atoms with Crippen molar-refractivity contribution in [3.8, 4) is 23.0 Å². The van der Waals surface area contributed by atoms with Crippen LogP contribution in [0.2, 0.25) is 0 Å². The maximum absolute atomic E-state index is 14.1. The Hall–Kier alpha value is -8.01. The molecule has 0 saturated heterocycles. The van der Waals surface area contributed by atoms with Gasteiger partial charge in [0.2, 0.25) is 17.7 Å². The van der Waals surface area contributed by atoms with Crippen LogP contribution in [0.4, 0.5) is 17.1 Å². The predicted molar refractivity (Wildman–Crippen MR) is 282 cm³/mol. The number of ether oxygens (including phenoxy) is 4. The Morgan fingerprint density at radius 1 is 0.740 bits per heavy atom. The highest BCUT2D eigenvalue weighted by atomic mass is 16.5. The molecule has 4 aliphatic rings. The summed E-state index contributed by atoms with van der Waals surface area (Å²) in [6, 6.07) is 22.6. The van der Waals surface area contributed by atoms with E-state index in [4.69, 9.17) is 34.7 Å². The first kappa shape index (κ1) is 51.3. The van der Waals surface area contributed by atoms with Crippen molar-refractivity contribution in [1.29, 1.82) is 0 Å². The van der Waals surface area contributed by atoms with Crippen LogP contribution in [0.1, 0.15) is 98.1 Å². The molecule has 0 spiro atoms. The van der Waals surface area contributed by atoms with Gasteiger partial charge in [0.15, 0.2) is 23.0 Å². The van der Waals surface area contributed by atoms with Crippen LogP contribution in [0.5, 0.6) is 23.0 Å². The van der Waals surface area contributed by atoms with E-state index >= 15 is 0 Å². The molecule has 0 fully saturated rings. The van der Waals surface area contributed by atoms with Gasteiger partial charge in [0.1, 0.15) is 6.04 Å². The zero-order chi connectivity index (χ0) is 51.8. The van der Waals surface area contributed by atoms with Crippen LogP contribution >= 0.6 is 0 Å². The summed E-state index contributed by atoms with van der Waals surface area (Å²) in [5, 5.41) is 5.65. The first-order chi connectivity index (χ1) is 35.3. The second kappa shape index (κ2) is 23.0. The number of allylic oxidation sites excluding steroid dienone is 1. The minimum Gasteiger partial charge on any atom is -0.493 e. The summed E-state index contributed by atoms with van der Waals surface area (Å²) >= 11 is 0. The fourth-order valence-electron chi connectivity index (χ4n) is 9.54. The Labute approximate surface area is 426 Å². The molecule has 5 atom stereocenters. The molecule has 16 nitrogen and oxygen atoms in total. The summed E-state index contributed by atoms with van der Waals surface area (Å²) in [7, 11) is 3.05. The molecule has 380 valence electrons. The molecule has 4 aromatic carbocycles. The van der Waals surface area contributed by atoms with E-state index in [0.717, 1.165) is 35.1 Å². The van der Waals surface area contributed by atoms with Crippen molar-refractivity contribution in [2.24, 2.45) is 33.5 Å². The molecule has 73 heavy (non-hydrogen) atoms. The molecule has 4 N–H and O–H groups in total. The normalized spacial score (nSPS) is 17.8. The van der Waals surface area contributed by atoms with Crippen molar-refractivity contribution in [1.82, 2.24) is 15.1 Å². The minimum absolute atomic E-state index is 0.152. The van der Waals surface area contributed by atoms with E-state index in [-0.39, 0.29) is 48.9 Å². The van der Waals surface area contributed by atoms with E-state index < -0.39 is 29.7 Å². The molecule has 0 bridgehead atoms. The SMILES string of the molecule is CCCCC(C(N)=O)[C@@H](C(=O)N[C@@H](C)C(=O)Nc1ccc(C2=CN3C(=O)c4cc(OC)c(OCCCOc5cc6c(cc5OC)C(=O)N5C=C(/C=C/c7ccccc7)C[C@H]5C=N6)cc4N=C[C@@H]3C2)cc1)C(C)C. The number of aliphatic imine (C=N–C) groups is 2. The number of carbonyl (C=O) groups is 5. The first-order valence-electron chi connectivity index (χ1n) is 24.9. The fourth-order valence-corrected chi connectivity index (χ4v) is 9.54. The summed E-state index contributed by atoms with van der Waals surface area (Å²) < 4.78 is 23.7. The van der Waals surface area contributed by atoms with Crippen molar-refractivity contribution in [2.45, 2.75) is 84.3 Å². The Balaban J connectivity index is 0.845. The number of nitrogens with one attached hydrogen (secondary N) is 2. The van der Waals surface area contributed by atoms with Gasteiger partial charge >= 0.3 is 0 Å². The molecule has 8 rings (SSSR count). The summed E-state index contributed by atoms with van der Waals surface area (Å²) in [5.74, 6) is -1.45. The van der Waals surface area contributed by atoms with Gasteiger partial charge in [-0.15, -0.1) is 0 Å². The molecular weight excluding hydrogens is 927 g/mol. The van der Waals surface area contributed by atoms with E-state index in [1.807, 2.05) is 87.8 Å². The van der Waals surface area contributed by atoms with Crippen LogP contribution in [0.3, 0.4) is 0 Å². The molecule has 4 heterocycles. The third kappa shape index (κ3) is 11.7. The number of carbonyl (C=O) groups excluding carboxylic acids is 5. The highest BCUT2D eigenvalue weighted by Gasteiger charge is 2.37. The van der Waals surface area contributed by atoms with E-state index in [9.17, 15) is 24.0 Å². The summed E-state index contributed by atoms with van der Waals surface area (Å²) in [5.41, 5.74) is 11.9. The largest absolute Gasteiger partial charge is 0.493 e. The van der Waals surface area contributed by atoms with Crippen molar-refractivity contribution in [3.63, 3.8) is 0 Å². The van der Waals surface area contributed by atoms with Gasteiger partial charge in [-0.1, -0.05) is 88.2 Å². The quantitative estimate of drug-likeness (QED) is 0.0681. The van der Waals surface area contributed by atoms with Gasteiger partial charge in [-0.05, 0) is 72.2 Å². The highest BCUT2D eigenvalue weighted by molar-refractivity contribution is 6.06. The molecule has 0 aromatic heterocycles. The lowest BCUT2D eigenvalue weighted by Crippen LogP contribution is -2.48.